The summed E-state index contributed by atoms with van der Waals surface area (Å²) in [6.45, 7) is -0.118. The highest BCUT2D eigenvalue weighted by Gasteiger charge is 2.58. The van der Waals surface area contributed by atoms with Crippen molar-refractivity contribution in [2.24, 2.45) is 5.92 Å². The molecule has 2 aromatic rings. The number of carbonyl (C=O) groups excluding carboxylic acids is 1. The SMILES string of the molecule is O=C(Nc1ccc(C(F)(F)C(F)(F)F)cc1)c1cccnc1NCC(C(=O)O)C1=CCOO1. The molecule has 1 amide bonds. The number of carboxylic acids is 1. The van der Waals surface area contributed by atoms with E-state index in [4.69, 9.17) is 4.89 Å². The van der Waals surface area contributed by atoms with E-state index in [-0.39, 0.29) is 36.0 Å². The second-order valence-corrected chi connectivity index (χ2v) is 6.75. The molecule has 0 spiro atoms. The Kier molecular flexibility index (Phi) is 6.81. The summed E-state index contributed by atoms with van der Waals surface area (Å²) in [6, 6.07) is 5.71. The molecule has 1 aliphatic heterocycles. The van der Waals surface area contributed by atoms with Gasteiger partial charge in [0, 0.05) is 24.0 Å². The second kappa shape index (κ2) is 9.40. The topological polar surface area (TPSA) is 110 Å². The molecule has 1 aromatic carbocycles. The number of carbonyl (C=O) groups is 2. The van der Waals surface area contributed by atoms with Crippen LogP contribution in [0.3, 0.4) is 0 Å². The minimum atomic E-state index is -5.76. The van der Waals surface area contributed by atoms with Gasteiger partial charge in [0.2, 0.25) is 0 Å². The van der Waals surface area contributed by atoms with Crippen molar-refractivity contribution in [1.82, 2.24) is 4.98 Å². The predicted octanol–water partition coefficient (Wildman–Crippen LogP) is 3.95. The molecular formula is C20H16F5N3O5. The van der Waals surface area contributed by atoms with E-state index in [9.17, 15) is 36.6 Å². The lowest BCUT2D eigenvalue weighted by atomic mass is 10.1. The van der Waals surface area contributed by atoms with Crippen LogP contribution in [0.1, 0.15) is 15.9 Å². The largest absolute Gasteiger partial charge is 0.481 e. The Morgan fingerprint density at radius 2 is 1.82 bits per heavy atom. The number of hydrogen-bond donors (Lipinski definition) is 3. The van der Waals surface area contributed by atoms with Gasteiger partial charge in [0.05, 0.1) is 5.56 Å². The first-order valence-electron chi connectivity index (χ1n) is 9.28. The van der Waals surface area contributed by atoms with Gasteiger partial charge in [0.1, 0.15) is 18.3 Å². The van der Waals surface area contributed by atoms with Gasteiger partial charge in [-0.2, -0.15) is 26.8 Å². The van der Waals surface area contributed by atoms with E-state index < -0.39 is 35.5 Å². The molecule has 176 valence electrons. The molecule has 0 saturated heterocycles. The number of anilines is 2. The Balaban J connectivity index is 1.72. The highest BCUT2D eigenvalue weighted by Crippen LogP contribution is 2.43. The number of nitrogens with zero attached hydrogens (tertiary/aromatic N) is 1. The monoisotopic (exact) mass is 473 g/mol. The van der Waals surface area contributed by atoms with Crippen molar-refractivity contribution >= 4 is 23.4 Å². The number of halogens is 5. The van der Waals surface area contributed by atoms with Gasteiger partial charge in [0.25, 0.3) is 5.91 Å². The van der Waals surface area contributed by atoms with E-state index >= 15 is 0 Å². The molecule has 0 saturated carbocycles. The molecule has 0 fully saturated rings. The minimum Gasteiger partial charge on any atom is -0.481 e. The summed E-state index contributed by atoms with van der Waals surface area (Å²) < 4.78 is 64.3. The van der Waals surface area contributed by atoms with Gasteiger partial charge in [-0.05, 0) is 30.3 Å². The van der Waals surface area contributed by atoms with Gasteiger partial charge in [0.15, 0.2) is 5.76 Å². The van der Waals surface area contributed by atoms with E-state index in [1.54, 1.807) is 0 Å². The van der Waals surface area contributed by atoms with Crippen molar-refractivity contribution in [3.05, 3.63) is 65.6 Å². The summed E-state index contributed by atoms with van der Waals surface area (Å²) in [4.78, 5) is 37.5. The number of nitrogens with one attached hydrogen (secondary N) is 2. The summed E-state index contributed by atoms with van der Waals surface area (Å²) in [5.74, 6) is -8.05. The summed E-state index contributed by atoms with van der Waals surface area (Å²) in [5.41, 5.74) is -1.34. The molecule has 0 bridgehead atoms. The fourth-order valence-electron chi connectivity index (χ4n) is 2.82. The smallest absolute Gasteiger partial charge is 0.458 e. The van der Waals surface area contributed by atoms with Crippen LogP contribution in [-0.2, 0) is 20.5 Å². The number of rotatable bonds is 8. The molecule has 1 unspecified atom stereocenters. The van der Waals surface area contributed by atoms with Crippen molar-refractivity contribution in [3.8, 4) is 0 Å². The third-order valence-corrected chi connectivity index (χ3v) is 4.54. The molecule has 8 nitrogen and oxygen atoms in total. The fraction of sp³-hybridized carbons (Fsp3) is 0.250. The standard InChI is InChI=1S/C20H16F5N3O5/c21-19(22,20(23,24)25)11-3-5-12(6-4-11)28-17(29)13-2-1-8-26-16(13)27-10-14(18(30)31)15-7-9-32-33-15/h1-8,14H,9-10H2,(H,26,27)(H,28,29)(H,30,31). The number of benzene rings is 1. The molecule has 33 heavy (non-hydrogen) atoms. The maximum absolute atomic E-state index is 13.4. The molecule has 0 aliphatic carbocycles. The molecular weight excluding hydrogens is 457 g/mol. The number of aromatic nitrogens is 1. The Morgan fingerprint density at radius 3 is 2.39 bits per heavy atom. The normalized spacial score (nSPS) is 14.8. The van der Waals surface area contributed by atoms with Crippen molar-refractivity contribution in [3.63, 3.8) is 0 Å². The van der Waals surface area contributed by atoms with Crippen LogP contribution in [0, 0.1) is 5.92 Å². The molecule has 0 radical (unpaired) electrons. The maximum Gasteiger partial charge on any atom is 0.458 e. The molecule has 1 atom stereocenters. The van der Waals surface area contributed by atoms with Crippen LogP contribution in [0.4, 0.5) is 33.5 Å². The number of hydrogen-bond acceptors (Lipinski definition) is 6. The third kappa shape index (κ3) is 5.37. The Labute approximate surface area is 182 Å². The summed E-state index contributed by atoms with van der Waals surface area (Å²) >= 11 is 0. The number of alkyl halides is 5. The molecule has 2 heterocycles. The van der Waals surface area contributed by atoms with E-state index in [0.29, 0.717) is 12.1 Å². The quantitative estimate of drug-likeness (QED) is 0.394. The lowest BCUT2D eigenvalue weighted by Crippen LogP contribution is -2.33. The first-order chi connectivity index (χ1) is 15.5. The lowest BCUT2D eigenvalue weighted by molar-refractivity contribution is -0.289. The van der Waals surface area contributed by atoms with Gasteiger partial charge in [-0.3, -0.25) is 9.59 Å². The van der Waals surface area contributed by atoms with Gasteiger partial charge in [-0.15, -0.1) is 0 Å². The van der Waals surface area contributed by atoms with E-state index in [1.807, 2.05) is 0 Å². The zero-order chi connectivity index (χ0) is 24.2. The highest BCUT2D eigenvalue weighted by atomic mass is 19.4. The van der Waals surface area contributed by atoms with Crippen molar-refractivity contribution in [2.45, 2.75) is 12.1 Å². The van der Waals surface area contributed by atoms with Crippen LogP contribution in [0.15, 0.2) is 54.4 Å². The lowest BCUT2D eigenvalue weighted by Gasteiger charge is -2.20. The molecule has 3 rings (SSSR count). The van der Waals surface area contributed by atoms with Gasteiger partial charge in [-0.1, -0.05) is 12.1 Å². The van der Waals surface area contributed by atoms with Crippen LogP contribution < -0.4 is 10.6 Å². The number of carboxylic acid groups (broad SMARTS) is 1. The summed E-state index contributed by atoms with van der Waals surface area (Å²) in [6.07, 6.45) is -2.97. The van der Waals surface area contributed by atoms with Crippen LogP contribution in [0.2, 0.25) is 0 Å². The van der Waals surface area contributed by atoms with Crippen LogP contribution >= 0.6 is 0 Å². The molecule has 1 aliphatic rings. The Bertz CT molecular complexity index is 1060. The zero-order valence-electron chi connectivity index (χ0n) is 16.5. The third-order valence-electron chi connectivity index (χ3n) is 4.54. The maximum atomic E-state index is 13.4. The summed E-state index contributed by atoms with van der Waals surface area (Å²) in [5, 5.41) is 14.5. The Hall–Kier alpha value is -3.74. The van der Waals surface area contributed by atoms with Gasteiger partial charge < -0.3 is 20.6 Å². The molecule has 13 heteroatoms. The Morgan fingerprint density at radius 1 is 1.12 bits per heavy atom. The van der Waals surface area contributed by atoms with E-state index in [1.165, 1.54) is 24.4 Å². The fourth-order valence-corrected chi connectivity index (χ4v) is 2.82. The van der Waals surface area contributed by atoms with Crippen molar-refractivity contribution in [1.29, 1.82) is 0 Å². The minimum absolute atomic E-state index is 0.0148. The van der Waals surface area contributed by atoms with Gasteiger partial charge in [-0.25, -0.2) is 4.98 Å². The average Bonchev–Trinajstić information content (AvgIpc) is 3.28. The number of pyridine rings is 1. The molecule has 1 aromatic heterocycles. The van der Waals surface area contributed by atoms with Crippen LogP contribution in [-0.4, -0.2) is 41.3 Å². The van der Waals surface area contributed by atoms with Crippen molar-refractivity contribution < 1.29 is 46.4 Å². The van der Waals surface area contributed by atoms with E-state index in [0.717, 1.165) is 12.1 Å². The van der Waals surface area contributed by atoms with Crippen LogP contribution in [0.5, 0.6) is 0 Å². The zero-order valence-corrected chi connectivity index (χ0v) is 16.5. The number of aliphatic carboxylic acids is 1. The average molecular weight is 473 g/mol. The van der Waals surface area contributed by atoms with E-state index in [2.05, 4.69) is 20.5 Å². The number of amides is 1. The summed E-state index contributed by atoms with van der Waals surface area (Å²) in [7, 11) is 0. The van der Waals surface area contributed by atoms with Crippen LogP contribution in [0.25, 0.3) is 0 Å². The predicted molar refractivity (Wildman–Crippen MR) is 103 cm³/mol. The second-order valence-electron chi connectivity index (χ2n) is 6.75. The van der Waals surface area contributed by atoms with Gasteiger partial charge >= 0.3 is 18.1 Å². The highest BCUT2D eigenvalue weighted by molar-refractivity contribution is 6.07. The van der Waals surface area contributed by atoms with Crippen molar-refractivity contribution in [2.75, 3.05) is 23.8 Å². The first-order valence-corrected chi connectivity index (χ1v) is 9.28. The molecule has 3 N–H and O–H groups in total. The first kappa shape index (κ1) is 23.9.